The zero-order valence-corrected chi connectivity index (χ0v) is 36.0. The van der Waals surface area contributed by atoms with Gasteiger partial charge in [-0.1, -0.05) is 140 Å². The van der Waals surface area contributed by atoms with Gasteiger partial charge in [-0.3, -0.25) is 24.5 Å². The predicted molar refractivity (Wildman–Crippen MR) is 240 cm³/mol. The lowest BCUT2D eigenvalue weighted by atomic mass is 9.79. The number of aromatic amines is 1. The normalized spacial score (nSPS) is 17.1. The van der Waals surface area contributed by atoms with Crippen LogP contribution in [0, 0.1) is 26.7 Å². The standard InChI is InChI=1S/C43H43N5O7.C7H6O2/c1-25(2)38(50)46-42-45-37-34(39(51)47-42)44-24-48(37)40-36(55-41(52)29-9-7-6-8-10-29)35(49)33(54-40)23-53-43(30-17-11-26(3)12-18-30,31-19-13-27(4)14-20-31)32-21-15-28(5)16-22-32;8-7(9)6-4-2-1-3-5-6/h6-22,24-25,33,35-36,40,49H,23H2,1-5H3,(H2,45,46,47,50,51);1-5H,(H,8,9)/t33-,35+,36?,40-;/m1./s1. The summed E-state index contributed by atoms with van der Waals surface area (Å²) in [6.07, 6.45) is -3.60. The van der Waals surface area contributed by atoms with Crippen LogP contribution in [0.15, 0.2) is 145 Å². The monoisotopic (exact) mass is 863 g/mol. The van der Waals surface area contributed by atoms with Gasteiger partial charge in [0.1, 0.15) is 17.8 Å². The van der Waals surface area contributed by atoms with E-state index in [1.165, 1.54) is 10.9 Å². The van der Waals surface area contributed by atoms with Crippen LogP contribution in [0.3, 0.4) is 0 Å². The van der Waals surface area contributed by atoms with Crippen molar-refractivity contribution in [3.63, 3.8) is 0 Å². The van der Waals surface area contributed by atoms with Crippen molar-refractivity contribution in [3.8, 4) is 0 Å². The van der Waals surface area contributed by atoms with Crippen LogP contribution in [-0.2, 0) is 24.6 Å². The summed E-state index contributed by atoms with van der Waals surface area (Å²) >= 11 is 0. The highest BCUT2D eigenvalue weighted by Gasteiger charge is 2.50. The summed E-state index contributed by atoms with van der Waals surface area (Å²) in [6, 6.07) is 41.1. The molecule has 328 valence electrons. The molecule has 14 nitrogen and oxygen atoms in total. The first-order valence-corrected chi connectivity index (χ1v) is 20.8. The molecule has 1 fully saturated rings. The molecule has 0 bridgehead atoms. The third kappa shape index (κ3) is 9.69. The number of aromatic nitrogens is 4. The molecule has 1 amide bonds. The number of carbonyl (C=O) groups excluding carboxylic acids is 2. The number of H-pyrrole nitrogens is 1. The maximum atomic E-state index is 13.5. The number of aromatic carboxylic acids is 1. The number of ether oxygens (including phenoxy) is 3. The summed E-state index contributed by atoms with van der Waals surface area (Å²) in [5, 5.41) is 23.0. The molecule has 7 aromatic rings. The van der Waals surface area contributed by atoms with Crippen molar-refractivity contribution in [2.24, 2.45) is 5.92 Å². The number of aliphatic hydroxyl groups is 1. The Morgan fingerprint density at radius 3 is 1.75 bits per heavy atom. The minimum Gasteiger partial charge on any atom is -0.478 e. The van der Waals surface area contributed by atoms with Crippen LogP contribution in [0.25, 0.3) is 11.2 Å². The van der Waals surface area contributed by atoms with Gasteiger partial charge in [-0.25, -0.2) is 14.6 Å². The largest absolute Gasteiger partial charge is 0.478 e. The smallest absolute Gasteiger partial charge is 0.338 e. The molecule has 1 saturated heterocycles. The van der Waals surface area contributed by atoms with Crippen LogP contribution >= 0.6 is 0 Å². The Kier molecular flexibility index (Phi) is 13.6. The number of amides is 1. The number of carbonyl (C=O) groups is 3. The van der Waals surface area contributed by atoms with Gasteiger partial charge in [-0.2, -0.15) is 4.98 Å². The van der Waals surface area contributed by atoms with Crippen molar-refractivity contribution in [2.75, 3.05) is 11.9 Å². The first-order valence-electron chi connectivity index (χ1n) is 20.8. The molecule has 2 aromatic heterocycles. The van der Waals surface area contributed by atoms with Crippen LogP contribution in [0.5, 0.6) is 0 Å². The lowest BCUT2D eigenvalue weighted by molar-refractivity contribution is -0.118. The number of esters is 1. The van der Waals surface area contributed by atoms with Crippen LogP contribution in [0.4, 0.5) is 5.95 Å². The molecule has 1 unspecified atom stereocenters. The number of hydrogen-bond donors (Lipinski definition) is 4. The third-order valence-corrected chi connectivity index (χ3v) is 10.9. The second-order valence-corrected chi connectivity index (χ2v) is 15.9. The van der Waals surface area contributed by atoms with Crippen LogP contribution in [0.1, 0.15) is 74.2 Å². The van der Waals surface area contributed by atoms with Gasteiger partial charge in [0.25, 0.3) is 5.56 Å². The highest BCUT2D eigenvalue weighted by molar-refractivity contribution is 5.91. The average molecular weight is 864 g/mol. The Hall–Kier alpha value is -7.26. The molecule has 5 aromatic carbocycles. The van der Waals surface area contributed by atoms with Crippen LogP contribution < -0.4 is 10.9 Å². The molecule has 0 spiro atoms. The van der Waals surface area contributed by atoms with Crippen molar-refractivity contribution >= 4 is 35.0 Å². The van der Waals surface area contributed by atoms with Gasteiger partial charge in [0.15, 0.2) is 23.5 Å². The van der Waals surface area contributed by atoms with Crippen molar-refractivity contribution in [1.82, 2.24) is 19.5 Å². The number of carboxylic acid groups (broad SMARTS) is 1. The first-order chi connectivity index (χ1) is 30.7. The Labute approximate surface area is 369 Å². The van der Waals surface area contributed by atoms with Gasteiger partial charge in [0.2, 0.25) is 11.9 Å². The van der Waals surface area contributed by atoms with Crippen LogP contribution in [-0.4, -0.2) is 72.5 Å². The van der Waals surface area contributed by atoms with E-state index in [-0.39, 0.29) is 41.1 Å². The topological polar surface area (TPSA) is 195 Å². The molecule has 14 heteroatoms. The molecule has 4 atom stereocenters. The zero-order valence-electron chi connectivity index (χ0n) is 36.0. The third-order valence-electron chi connectivity index (χ3n) is 10.9. The maximum Gasteiger partial charge on any atom is 0.338 e. The van der Waals surface area contributed by atoms with Gasteiger partial charge in [-0.05, 0) is 61.7 Å². The highest BCUT2D eigenvalue weighted by Crippen LogP contribution is 2.43. The number of hydrogen-bond acceptors (Lipinski definition) is 10. The van der Waals surface area contributed by atoms with Crippen molar-refractivity contribution in [2.45, 2.75) is 64.8 Å². The minimum atomic E-state index is -1.40. The fraction of sp³-hybridized carbons (Fsp3) is 0.240. The Bertz CT molecular complexity index is 2660. The number of nitrogens with one attached hydrogen (secondary N) is 2. The SMILES string of the molecule is Cc1ccc(C(OC[C@H]2O[C@@H](n3cnc4c(=O)[nH]c(NC(=O)C(C)C)nc43)C(OC(=O)c3ccccc3)[C@H]2O)(c2ccc(C)cc2)c2ccc(C)cc2)cc1.O=C(O)c1ccccc1. The highest BCUT2D eigenvalue weighted by atomic mass is 16.6. The molecule has 0 aliphatic carbocycles. The number of carboxylic acids is 1. The Morgan fingerprint density at radius 2 is 1.28 bits per heavy atom. The predicted octanol–water partition coefficient (Wildman–Crippen LogP) is 7.52. The lowest BCUT2D eigenvalue weighted by Crippen LogP contribution is -2.40. The minimum absolute atomic E-state index is 0.0365. The fourth-order valence-corrected chi connectivity index (χ4v) is 7.31. The van der Waals surface area contributed by atoms with Gasteiger partial charge in [-0.15, -0.1) is 0 Å². The van der Waals surface area contributed by atoms with E-state index in [1.807, 2.05) is 93.6 Å². The maximum absolute atomic E-state index is 13.5. The number of imidazole rings is 1. The van der Waals surface area contributed by atoms with Gasteiger partial charge >= 0.3 is 11.9 Å². The molecule has 8 rings (SSSR count). The van der Waals surface area contributed by atoms with Gasteiger partial charge in [0.05, 0.1) is 24.1 Å². The van der Waals surface area contributed by atoms with Gasteiger partial charge in [0, 0.05) is 5.92 Å². The molecule has 1 aliphatic heterocycles. The van der Waals surface area contributed by atoms with E-state index in [1.54, 1.807) is 74.5 Å². The molecule has 0 radical (unpaired) electrons. The second kappa shape index (κ2) is 19.4. The number of aliphatic hydroxyl groups excluding tert-OH is 1. The summed E-state index contributed by atoms with van der Waals surface area (Å²) < 4.78 is 21.1. The molecule has 1 aliphatic rings. The number of aryl methyl sites for hydroxylation is 3. The zero-order chi connectivity index (χ0) is 45.5. The summed E-state index contributed by atoms with van der Waals surface area (Å²) in [6.45, 7) is 9.34. The number of nitrogens with zero attached hydrogens (tertiary/aromatic N) is 3. The van der Waals surface area contributed by atoms with E-state index in [2.05, 4.69) is 20.3 Å². The van der Waals surface area contributed by atoms with E-state index in [0.29, 0.717) is 5.56 Å². The molecule has 0 saturated carbocycles. The first kappa shape index (κ1) is 44.8. The van der Waals surface area contributed by atoms with E-state index >= 15 is 0 Å². The van der Waals surface area contributed by atoms with E-state index < -0.39 is 47.6 Å². The summed E-state index contributed by atoms with van der Waals surface area (Å²) in [4.78, 5) is 60.7. The van der Waals surface area contributed by atoms with Crippen LogP contribution in [0.2, 0.25) is 0 Å². The molecular weight excluding hydrogens is 815 g/mol. The Morgan fingerprint density at radius 1 is 0.781 bits per heavy atom. The van der Waals surface area contributed by atoms with Crippen molar-refractivity contribution in [3.05, 3.63) is 195 Å². The van der Waals surface area contributed by atoms with E-state index in [4.69, 9.17) is 19.3 Å². The lowest BCUT2D eigenvalue weighted by Gasteiger charge is -2.37. The Balaban J connectivity index is 0.000000607. The summed E-state index contributed by atoms with van der Waals surface area (Å²) in [5.41, 5.74) is 4.71. The van der Waals surface area contributed by atoms with E-state index in [9.17, 15) is 24.3 Å². The van der Waals surface area contributed by atoms with Crippen molar-refractivity contribution < 1.29 is 38.8 Å². The number of anilines is 1. The molecular formula is C50H49N5O9. The average Bonchev–Trinajstić information content (AvgIpc) is 3.86. The molecule has 4 N–H and O–H groups in total. The molecule has 3 heterocycles. The number of rotatable bonds is 12. The van der Waals surface area contributed by atoms with Gasteiger partial charge < -0.3 is 24.4 Å². The second-order valence-electron chi connectivity index (χ2n) is 15.9. The van der Waals surface area contributed by atoms with Crippen molar-refractivity contribution in [1.29, 1.82) is 0 Å². The fourth-order valence-electron chi connectivity index (χ4n) is 7.31. The number of benzene rings is 5. The van der Waals surface area contributed by atoms with E-state index in [0.717, 1.165) is 33.4 Å². The summed E-state index contributed by atoms with van der Waals surface area (Å²) in [7, 11) is 0. The summed E-state index contributed by atoms with van der Waals surface area (Å²) in [5.74, 6) is -2.39. The number of fused-ring (bicyclic) bond motifs is 1. The quantitative estimate of drug-likeness (QED) is 0.0701. The molecule has 64 heavy (non-hydrogen) atoms.